The summed E-state index contributed by atoms with van der Waals surface area (Å²) in [4.78, 5) is 16.8. The Morgan fingerprint density at radius 3 is 2.81 bits per heavy atom. The first-order valence-corrected chi connectivity index (χ1v) is 8.96. The quantitative estimate of drug-likeness (QED) is 0.768. The first-order chi connectivity index (χ1) is 12.6. The summed E-state index contributed by atoms with van der Waals surface area (Å²) in [6.07, 6.45) is 6.93. The lowest BCUT2D eigenvalue weighted by Gasteiger charge is -2.10. The average Bonchev–Trinajstić information content (AvgIpc) is 3.30. The predicted octanol–water partition coefficient (Wildman–Crippen LogP) is 4.12. The van der Waals surface area contributed by atoms with Crippen LogP contribution in [0.2, 0.25) is 0 Å². The number of fused-ring (bicyclic) bond motifs is 1. The molecule has 0 saturated heterocycles. The van der Waals surface area contributed by atoms with Gasteiger partial charge in [-0.3, -0.25) is 9.48 Å². The highest BCUT2D eigenvalue weighted by Gasteiger charge is 2.19. The van der Waals surface area contributed by atoms with E-state index in [2.05, 4.69) is 21.2 Å². The molecule has 2 aromatic heterocycles. The largest absolute Gasteiger partial charge is 0.494 e. The van der Waals surface area contributed by atoms with E-state index in [1.54, 1.807) is 13.2 Å². The lowest BCUT2D eigenvalue weighted by atomic mass is 10.2. The average molecular weight is 350 g/mol. The van der Waals surface area contributed by atoms with Crippen molar-refractivity contribution in [3.63, 3.8) is 0 Å². The lowest BCUT2D eigenvalue weighted by Crippen LogP contribution is -2.14. The highest BCUT2D eigenvalue weighted by Crippen LogP contribution is 2.33. The van der Waals surface area contributed by atoms with Gasteiger partial charge in [-0.2, -0.15) is 5.10 Å². The number of carbonyl (C=O) groups is 1. The number of aromatic nitrogens is 3. The van der Waals surface area contributed by atoms with Crippen molar-refractivity contribution in [2.75, 3.05) is 12.4 Å². The molecule has 0 aliphatic heterocycles. The summed E-state index contributed by atoms with van der Waals surface area (Å²) in [5.74, 6) is 0.338. The highest BCUT2D eigenvalue weighted by atomic mass is 16.5. The summed E-state index contributed by atoms with van der Waals surface area (Å²) < 4.78 is 7.52. The summed E-state index contributed by atoms with van der Waals surface area (Å²) in [5, 5.41) is 8.61. The van der Waals surface area contributed by atoms with E-state index in [4.69, 9.17) is 9.84 Å². The second-order valence-electron chi connectivity index (χ2n) is 6.78. The molecule has 134 valence electrons. The van der Waals surface area contributed by atoms with Gasteiger partial charge in [-0.05, 0) is 38.0 Å². The number of nitrogens with one attached hydrogen (secondary N) is 1. The van der Waals surface area contributed by atoms with Crippen LogP contribution >= 0.6 is 0 Å². The van der Waals surface area contributed by atoms with Crippen LogP contribution in [0, 0.1) is 6.92 Å². The number of rotatable bonds is 4. The molecule has 2 heterocycles. The first kappa shape index (κ1) is 16.6. The number of nitrogens with zero attached hydrogens (tertiary/aromatic N) is 3. The molecule has 0 radical (unpaired) electrons. The van der Waals surface area contributed by atoms with E-state index < -0.39 is 0 Å². The number of amides is 1. The maximum absolute atomic E-state index is 12.5. The third-order valence-electron chi connectivity index (χ3n) is 4.91. The topological polar surface area (TPSA) is 69.0 Å². The highest BCUT2D eigenvalue weighted by molar-refractivity contribution is 6.05. The normalized spacial score (nSPS) is 14.7. The van der Waals surface area contributed by atoms with E-state index in [0.717, 1.165) is 16.6 Å². The van der Waals surface area contributed by atoms with Gasteiger partial charge in [0.2, 0.25) is 0 Å². The standard InChI is InChI=1S/C20H22N4O2/c1-13-6-5-9-16(21-13)20(25)22-18-10-14-12-24(15-7-3-4-8-15)23-17(14)11-19(18)26-2/h5-6,9-12,15H,3-4,7-8H2,1-2H3,(H,22,25). The molecule has 1 fully saturated rings. The maximum Gasteiger partial charge on any atom is 0.274 e. The molecular weight excluding hydrogens is 328 g/mol. The number of anilines is 1. The SMILES string of the molecule is COc1cc2nn(C3CCCC3)cc2cc1NC(=O)c1cccc(C)n1. The van der Waals surface area contributed by atoms with Crippen molar-refractivity contribution in [3.8, 4) is 5.75 Å². The number of pyridine rings is 1. The van der Waals surface area contributed by atoms with Crippen molar-refractivity contribution in [1.82, 2.24) is 14.8 Å². The van der Waals surface area contributed by atoms with E-state index in [9.17, 15) is 4.79 Å². The van der Waals surface area contributed by atoms with Crippen LogP contribution in [0.15, 0.2) is 36.5 Å². The zero-order chi connectivity index (χ0) is 18.1. The monoisotopic (exact) mass is 350 g/mol. The molecule has 1 saturated carbocycles. The summed E-state index contributed by atoms with van der Waals surface area (Å²) >= 11 is 0. The summed E-state index contributed by atoms with van der Waals surface area (Å²) in [7, 11) is 1.59. The van der Waals surface area contributed by atoms with Crippen LogP contribution in [0.5, 0.6) is 5.75 Å². The molecule has 4 rings (SSSR count). The van der Waals surface area contributed by atoms with Gasteiger partial charge in [0, 0.05) is 23.3 Å². The van der Waals surface area contributed by atoms with E-state index in [1.165, 1.54) is 25.7 Å². The molecule has 6 nitrogen and oxygen atoms in total. The fourth-order valence-corrected chi connectivity index (χ4v) is 3.55. The Bertz CT molecular complexity index is 958. The minimum atomic E-state index is -0.255. The summed E-state index contributed by atoms with van der Waals surface area (Å²) in [5.41, 5.74) is 2.69. The van der Waals surface area contributed by atoms with Gasteiger partial charge in [-0.15, -0.1) is 0 Å². The molecule has 1 aromatic carbocycles. The van der Waals surface area contributed by atoms with Gasteiger partial charge in [0.1, 0.15) is 11.4 Å². The van der Waals surface area contributed by atoms with Crippen LogP contribution in [-0.2, 0) is 0 Å². The number of hydrogen-bond donors (Lipinski definition) is 1. The Balaban J connectivity index is 1.66. The van der Waals surface area contributed by atoms with Crippen molar-refractivity contribution < 1.29 is 9.53 Å². The minimum Gasteiger partial charge on any atom is -0.494 e. The third kappa shape index (κ3) is 3.14. The molecule has 1 amide bonds. The van der Waals surface area contributed by atoms with Crippen LogP contribution in [0.1, 0.15) is 47.9 Å². The van der Waals surface area contributed by atoms with Gasteiger partial charge in [0.05, 0.1) is 24.4 Å². The molecule has 1 aliphatic carbocycles. The molecule has 1 aliphatic rings. The van der Waals surface area contributed by atoms with Gasteiger partial charge in [0.15, 0.2) is 0 Å². The van der Waals surface area contributed by atoms with E-state index in [0.29, 0.717) is 23.2 Å². The molecule has 0 unspecified atom stereocenters. The first-order valence-electron chi connectivity index (χ1n) is 8.96. The molecule has 6 heteroatoms. The van der Waals surface area contributed by atoms with Crippen LogP contribution in [-0.4, -0.2) is 27.8 Å². The fourth-order valence-electron chi connectivity index (χ4n) is 3.55. The van der Waals surface area contributed by atoms with Crippen molar-refractivity contribution in [2.24, 2.45) is 0 Å². The van der Waals surface area contributed by atoms with Gasteiger partial charge in [-0.1, -0.05) is 18.9 Å². The zero-order valence-electron chi connectivity index (χ0n) is 15.0. The Morgan fingerprint density at radius 1 is 1.27 bits per heavy atom. The Labute approximate surface area is 152 Å². The van der Waals surface area contributed by atoms with Crippen molar-refractivity contribution in [1.29, 1.82) is 0 Å². The Hall–Kier alpha value is -2.89. The number of aryl methyl sites for hydroxylation is 1. The van der Waals surface area contributed by atoms with Crippen LogP contribution in [0.4, 0.5) is 5.69 Å². The summed E-state index contributed by atoms with van der Waals surface area (Å²) in [6, 6.07) is 9.65. The van der Waals surface area contributed by atoms with Crippen LogP contribution in [0.25, 0.3) is 10.9 Å². The van der Waals surface area contributed by atoms with Crippen molar-refractivity contribution >= 4 is 22.5 Å². The van der Waals surface area contributed by atoms with Crippen molar-refractivity contribution in [2.45, 2.75) is 38.6 Å². The number of benzene rings is 1. The Morgan fingerprint density at radius 2 is 2.08 bits per heavy atom. The van der Waals surface area contributed by atoms with E-state index in [1.807, 2.05) is 31.2 Å². The smallest absolute Gasteiger partial charge is 0.274 e. The van der Waals surface area contributed by atoms with Gasteiger partial charge in [0.25, 0.3) is 5.91 Å². The van der Waals surface area contributed by atoms with Gasteiger partial charge in [-0.25, -0.2) is 4.98 Å². The number of ether oxygens (including phenoxy) is 1. The number of hydrogen-bond acceptors (Lipinski definition) is 4. The maximum atomic E-state index is 12.5. The molecule has 26 heavy (non-hydrogen) atoms. The van der Waals surface area contributed by atoms with E-state index in [-0.39, 0.29) is 5.91 Å². The van der Waals surface area contributed by atoms with Crippen molar-refractivity contribution in [3.05, 3.63) is 47.9 Å². The third-order valence-corrected chi connectivity index (χ3v) is 4.91. The van der Waals surface area contributed by atoms with Crippen LogP contribution in [0.3, 0.4) is 0 Å². The molecule has 0 bridgehead atoms. The van der Waals surface area contributed by atoms with Crippen LogP contribution < -0.4 is 10.1 Å². The summed E-state index contributed by atoms with van der Waals surface area (Å²) in [6.45, 7) is 1.86. The number of methoxy groups -OCH3 is 1. The van der Waals surface area contributed by atoms with E-state index >= 15 is 0 Å². The molecule has 1 N–H and O–H groups in total. The molecule has 0 atom stereocenters. The molecule has 3 aromatic rings. The molecular formula is C20H22N4O2. The Kier molecular flexibility index (Phi) is 4.32. The zero-order valence-corrected chi connectivity index (χ0v) is 15.0. The molecule has 0 spiro atoms. The second-order valence-corrected chi connectivity index (χ2v) is 6.78. The predicted molar refractivity (Wildman–Crippen MR) is 101 cm³/mol. The fraction of sp³-hybridized carbons (Fsp3) is 0.350. The lowest BCUT2D eigenvalue weighted by molar-refractivity contribution is 0.102. The number of carbonyl (C=O) groups excluding carboxylic acids is 1. The minimum absolute atomic E-state index is 0.255. The van der Waals surface area contributed by atoms with Gasteiger partial charge >= 0.3 is 0 Å². The van der Waals surface area contributed by atoms with Gasteiger partial charge < -0.3 is 10.1 Å². The second kappa shape index (κ2) is 6.78.